The van der Waals surface area contributed by atoms with Gasteiger partial charge in [-0.25, -0.2) is 0 Å². The summed E-state index contributed by atoms with van der Waals surface area (Å²) in [4.78, 5) is 0. The molecule has 35 heavy (non-hydrogen) atoms. The van der Waals surface area contributed by atoms with Crippen molar-refractivity contribution in [2.24, 2.45) is 0 Å². The van der Waals surface area contributed by atoms with Gasteiger partial charge < -0.3 is 9.84 Å². The second kappa shape index (κ2) is 8.81. The number of phenols is 1. The molecule has 2 heteroatoms. The van der Waals surface area contributed by atoms with E-state index in [0.29, 0.717) is 6.61 Å². The Hall–Kier alpha value is -4.30. The Morgan fingerprint density at radius 3 is 1.83 bits per heavy atom. The number of benzene rings is 5. The molecule has 0 aromatic heterocycles. The maximum atomic E-state index is 10.8. The molecule has 5 aromatic carbocycles. The van der Waals surface area contributed by atoms with Crippen molar-refractivity contribution < 1.29 is 9.84 Å². The van der Waals surface area contributed by atoms with Crippen molar-refractivity contribution >= 4 is 0 Å². The van der Waals surface area contributed by atoms with Gasteiger partial charge in [0.25, 0.3) is 0 Å². The van der Waals surface area contributed by atoms with Crippen LogP contribution in [0.25, 0.3) is 22.3 Å². The topological polar surface area (TPSA) is 29.5 Å². The Labute approximate surface area is 206 Å². The fraction of sp³-hybridized carbons (Fsp3) is 0.0909. The third kappa shape index (κ3) is 3.77. The van der Waals surface area contributed by atoms with E-state index in [1.807, 2.05) is 36.4 Å². The van der Waals surface area contributed by atoms with Crippen LogP contribution < -0.4 is 4.74 Å². The summed E-state index contributed by atoms with van der Waals surface area (Å²) in [7, 11) is 0. The second-order valence-corrected chi connectivity index (χ2v) is 9.13. The zero-order chi connectivity index (χ0) is 23.8. The van der Waals surface area contributed by atoms with E-state index in [1.54, 1.807) is 6.07 Å². The van der Waals surface area contributed by atoms with Gasteiger partial charge >= 0.3 is 0 Å². The molecule has 0 saturated heterocycles. The van der Waals surface area contributed by atoms with Gasteiger partial charge in [-0.2, -0.15) is 0 Å². The van der Waals surface area contributed by atoms with E-state index in [4.69, 9.17) is 4.74 Å². The Balaban J connectivity index is 1.59. The minimum absolute atomic E-state index is 0.0534. The number of phenolic OH excluding ortho intramolecular Hbond substituents is 1. The lowest BCUT2D eigenvalue weighted by Gasteiger charge is -2.23. The van der Waals surface area contributed by atoms with Gasteiger partial charge in [0.15, 0.2) is 0 Å². The highest BCUT2D eigenvalue weighted by Gasteiger charge is 2.32. The van der Waals surface area contributed by atoms with Gasteiger partial charge in [-0.3, -0.25) is 0 Å². The predicted molar refractivity (Wildman–Crippen MR) is 142 cm³/mol. The Morgan fingerprint density at radius 2 is 1.17 bits per heavy atom. The number of fused-ring (bicyclic) bond motifs is 3. The summed E-state index contributed by atoms with van der Waals surface area (Å²) in [6.07, 6.45) is 0. The first-order valence-corrected chi connectivity index (χ1v) is 12.0. The van der Waals surface area contributed by atoms with Crippen LogP contribution >= 0.6 is 0 Å². The molecule has 1 N–H and O–H groups in total. The number of ether oxygens (including phenoxy) is 1. The molecule has 6 rings (SSSR count). The molecule has 1 aliphatic rings. The molecule has 0 bridgehead atoms. The molecule has 0 amide bonds. The van der Waals surface area contributed by atoms with Crippen LogP contribution in [0.2, 0.25) is 0 Å². The van der Waals surface area contributed by atoms with Gasteiger partial charge in [-0.1, -0.05) is 103 Å². The third-order valence-electron chi connectivity index (χ3n) is 6.83. The molecule has 1 aliphatic carbocycles. The van der Waals surface area contributed by atoms with Gasteiger partial charge in [-0.15, -0.1) is 0 Å². The summed E-state index contributed by atoms with van der Waals surface area (Å²) in [5.41, 5.74) is 10.2. The van der Waals surface area contributed by atoms with Crippen molar-refractivity contribution in [1.82, 2.24) is 0 Å². The number of hydrogen-bond donors (Lipinski definition) is 1. The highest BCUT2D eigenvalue weighted by molar-refractivity contribution is 5.84. The first-order valence-electron chi connectivity index (χ1n) is 12.0. The molecule has 0 aliphatic heterocycles. The molecule has 2 nitrogen and oxygen atoms in total. The maximum Gasteiger partial charge on any atom is 0.131 e. The molecule has 0 spiro atoms. The van der Waals surface area contributed by atoms with E-state index in [2.05, 4.69) is 79.7 Å². The zero-order valence-corrected chi connectivity index (χ0v) is 19.6. The minimum atomic E-state index is 0.0534. The largest absolute Gasteiger partial charge is 0.507 e. The number of rotatable bonds is 5. The van der Waals surface area contributed by atoms with Gasteiger partial charge in [0.1, 0.15) is 18.1 Å². The maximum absolute atomic E-state index is 10.8. The number of para-hydroxylation sites is 1. The van der Waals surface area contributed by atoms with E-state index < -0.39 is 0 Å². The first kappa shape index (κ1) is 21.2. The average molecular weight is 455 g/mol. The molecule has 170 valence electrons. The molecule has 0 radical (unpaired) electrons. The van der Waals surface area contributed by atoms with Crippen molar-refractivity contribution in [2.75, 3.05) is 0 Å². The van der Waals surface area contributed by atoms with E-state index in [9.17, 15) is 5.11 Å². The fourth-order valence-electron chi connectivity index (χ4n) is 5.30. The van der Waals surface area contributed by atoms with E-state index in [0.717, 1.165) is 33.6 Å². The summed E-state index contributed by atoms with van der Waals surface area (Å²) < 4.78 is 6.65. The van der Waals surface area contributed by atoms with Crippen LogP contribution in [-0.4, -0.2) is 5.11 Å². The van der Waals surface area contributed by atoms with Crippen LogP contribution in [0.5, 0.6) is 11.5 Å². The highest BCUT2D eigenvalue weighted by Crippen LogP contribution is 2.52. The molecule has 0 unspecified atom stereocenters. The SMILES string of the molecule is Cc1cc(-c2ccccc2O)c(OCc2ccccc2)c(C2c3ccccc3-c3ccccc32)c1. The molecule has 0 atom stereocenters. The van der Waals surface area contributed by atoms with Crippen LogP contribution in [0.4, 0.5) is 0 Å². The lowest BCUT2D eigenvalue weighted by molar-refractivity contribution is 0.304. The lowest BCUT2D eigenvalue weighted by atomic mass is 9.85. The Morgan fingerprint density at radius 1 is 0.600 bits per heavy atom. The summed E-state index contributed by atoms with van der Waals surface area (Å²) in [5, 5.41) is 10.8. The zero-order valence-electron chi connectivity index (χ0n) is 19.6. The number of aromatic hydroxyl groups is 1. The van der Waals surface area contributed by atoms with Gasteiger partial charge in [0, 0.05) is 22.6 Å². The van der Waals surface area contributed by atoms with Crippen molar-refractivity contribution in [3.8, 4) is 33.8 Å². The monoisotopic (exact) mass is 454 g/mol. The Kier molecular flexibility index (Phi) is 5.35. The molecular formula is C33H26O2. The summed E-state index contributed by atoms with van der Waals surface area (Å²) >= 11 is 0. The van der Waals surface area contributed by atoms with Crippen LogP contribution in [-0.2, 0) is 6.61 Å². The van der Waals surface area contributed by atoms with Gasteiger partial charge in [0.2, 0.25) is 0 Å². The molecule has 0 saturated carbocycles. The fourth-order valence-corrected chi connectivity index (χ4v) is 5.30. The molecule has 5 aromatic rings. The summed E-state index contributed by atoms with van der Waals surface area (Å²) in [6.45, 7) is 2.56. The first-order chi connectivity index (χ1) is 17.2. The molecule has 0 fully saturated rings. The smallest absolute Gasteiger partial charge is 0.131 e. The quantitative estimate of drug-likeness (QED) is 0.285. The van der Waals surface area contributed by atoms with Crippen LogP contribution in [0.15, 0.2) is 115 Å². The highest BCUT2D eigenvalue weighted by atomic mass is 16.5. The molecule has 0 heterocycles. The lowest BCUT2D eigenvalue weighted by Crippen LogP contribution is -2.06. The average Bonchev–Trinajstić information content (AvgIpc) is 3.23. The van der Waals surface area contributed by atoms with Crippen molar-refractivity contribution in [3.05, 3.63) is 143 Å². The summed E-state index contributed by atoms with van der Waals surface area (Å²) in [5.74, 6) is 1.12. The van der Waals surface area contributed by atoms with Crippen LogP contribution in [0.1, 0.15) is 33.7 Å². The van der Waals surface area contributed by atoms with E-state index in [-0.39, 0.29) is 11.7 Å². The third-order valence-corrected chi connectivity index (χ3v) is 6.83. The molecular weight excluding hydrogens is 428 g/mol. The standard InChI is InChI=1S/C33H26O2/c1-22-19-29(26-15-9-10-18-31(26)34)33(35-21-23-11-3-2-4-12-23)30(20-22)32-27-16-7-5-13-24(27)25-14-6-8-17-28(25)32/h2-20,32,34H,21H2,1H3. The van der Waals surface area contributed by atoms with E-state index in [1.165, 1.54) is 22.3 Å². The Bertz CT molecular complexity index is 1470. The minimum Gasteiger partial charge on any atom is -0.507 e. The second-order valence-electron chi connectivity index (χ2n) is 9.13. The van der Waals surface area contributed by atoms with Crippen LogP contribution in [0, 0.1) is 6.92 Å². The van der Waals surface area contributed by atoms with Crippen molar-refractivity contribution in [1.29, 1.82) is 0 Å². The summed E-state index contributed by atoms with van der Waals surface area (Å²) in [6, 6.07) is 39.4. The number of aryl methyl sites for hydroxylation is 1. The normalized spacial score (nSPS) is 12.3. The van der Waals surface area contributed by atoms with Gasteiger partial charge in [0.05, 0.1) is 0 Å². The number of hydrogen-bond acceptors (Lipinski definition) is 2. The van der Waals surface area contributed by atoms with E-state index >= 15 is 0 Å². The van der Waals surface area contributed by atoms with Crippen molar-refractivity contribution in [3.63, 3.8) is 0 Å². The van der Waals surface area contributed by atoms with Crippen molar-refractivity contribution in [2.45, 2.75) is 19.4 Å². The van der Waals surface area contributed by atoms with Gasteiger partial charge in [-0.05, 0) is 52.4 Å². The predicted octanol–water partition coefficient (Wildman–Crippen LogP) is 8.11. The van der Waals surface area contributed by atoms with Crippen LogP contribution in [0.3, 0.4) is 0 Å².